The highest BCUT2D eigenvalue weighted by Crippen LogP contribution is 2.26. The number of hydrogen-bond donors (Lipinski definition) is 2. The number of aliphatic hydroxyl groups excluding tert-OH is 1. The molecule has 1 amide bonds. The number of ether oxygens (including phenoxy) is 1. The minimum atomic E-state index is -0.169. The highest BCUT2D eigenvalue weighted by molar-refractivity contribution is 6.31. The summed E-state index contributed by atoms with van der Waals surface area (Å²) in [7, 11) is 1.55. The standard InChI is InChI=1S/C12H16ClNO3/c1-8-5-11(17-2)9(6-10(8)13)7-12(16)14-3-4-15/h5-6,15H,3-4,7H2,1-2H3,(H,14,16). The molecule has 5 heteroatoms. The third kappa shape index (κ3) is 3.91. The predicted octanol–water partition coefficient (Wildman–Crippen LogP) is 1.31. The molecule has 0 aliphatic carbocycles. The van der Waals surface area contributed by atoms with Crippen molar-refractivity contribution >= 4 is 17.5 Å². The van der Waals surface area contributed by atoms with Gasteiger partial charge in [-0.05, 0) is 24.6 Å². The van der Waals surface area contributed by atoms with E-state index < -0.39 is 0 Å². The van der Waals surface area contributed by atoms with Gasteiger partial charge >= 0.3 is 0 Å². The molecule has 1 aromatic rings. The number of rotatable bonds is 5. The Hall–Kier alpha value is -1.26. The summed E-state index contributed by atoms with van der Waals surface area (Å²) in [6.07, 6.45) is 0.184. The first-order valence-electron chi connectivity index (χ1n) is 5.29. The van der Waals surface area contributed by atoms with Crippen LogP contribution in [0.4, 0.5) is 0 Å². The zero-order valence-corrected chi connectivity index (χ0v) is 10.7. The Bertz CT molecular complexity index is 407. The van der Waals surface area contributed by atoms with Crippen molar-refractivity contribution in [1.29, 1.82) is 0 Å². The zero-order chi connectivity index (χ0) is 12.8. The van der Waals surface area contributed by atoms with Crippen molar-refractivity contribution in [2.24, 2.45) is 0 Å². The molecule has 17 heavy (non-hydrogen) atoms. The van der Waals surface area contributed by atoms with Crippen molar-refractivity contribution < 1.29 is 14.6 Å². The smallest absolute Gasteiger partial charge is 0.224 e. The van der Waals surface area contributed by atoms with Gasteiger partial charge in [0, 0.05) is 17.1 Å². The average molecular weight is 258 g/mol. The Morgan fingerprint density at radius 3 is 2.82 bits per heavy atom. The van der Waals surface area contributed by atoms with Gasteiger partial charge in [0.1, 0.15) is 5.75 Å². The Morgan fingerprint density at radius 1 is 1.53 bits per heavy atom. The first-order chi connectivity index (χ1) is 8.08. The molecule has 0 fully saturated rings. The van der Waals surface area contributed by atoms with Crippen molar-refractivity contribution in [3.8, 4) is 5.75 Å². The zero-order valence-electron chi connectivity index (χ0n) is 9.92. The molecular formula is C12H16ClNO3. The molecule has 0 unspecified atom stereocenters. The summed E-state index contributed by atoms with van der Waals surface area (Å²) < 4.78 is 5.20. The van der Waals surface area contributed by atoms with Crippen LogP contribution < -0.4 is 10.1 Å². The fourth-order valence-corrected chi connectivity index (χ4v) is 1.64. The SMILES string of the molecule is COc1cc(C)c(Cl)cc1CC(=O)NCCO. The van der Waals surface area contributed by atoms with E-state index in [-0.39, 0.29) is 25.5 Å². The van der Waals surface area contributed by atoms with Crippen LogP contribution in [0.5, 0.6) is 5.75 Å². The average Bonchev–Trinajstić information content (AvgIpc) is 2.31. The molecule has 0 aliphatic rings. The molecule has 1 aromatic carbocycles. The highest BCUT2D eigenvalue weighted by Gasteiger charge is 2.10. The number of amides is 1. The number of hydrogen-bond acceptors (Lipinski definition) is 3. The van der Waals surface area contributed by atoms with E-state index >= 15 is 0 Å². The molecule has 0 bridgehead atoms. The number of carbonyl (C=O) groups excluding carboxylic acids is 1. The van der Waals surface area contributed by atoms with Gasteiger partial charge in [-0.1, -0.05) is 11.6 Å². The van der Waals surface area contributed by atoms with Crippen LogP contribution in [0.2, 0.25) is 5.02 Å². The van der Waals surface area contributed by atoms with E-state index in [1.165, 1.54) is 0 Å². The van der Waals surface area contributed by atoms with Crippen LogP contribution in [0, 0.1) is 6.92 Å². The van der Waals surface area contributed by atoms with Gasteiger partial charge in [-0.2, -0.15) is 0 Å². The third-order valence-corrected chi connectivity index (χ3v) is 2.75. The lowest BCUT2D eigenvalue weighted by Crippen LogP contribution is -2.28. The van der Waals surface area contributed by atoms with Gasteiger partial charge in [-0.3, -0.25) is 4.79 Å². The molecule has 2 N–H and O–H groups in total. The van der Waals surface area contributed by atoms with Crippen molar-refractivity contribution in [1.82, 2.24) is 5.32 Å². The van der Waals surface area contributed by atoms with Crippen LogP contribution >= 0.6 is 11.6 Å². The van der Waals surface area contributed by atoms with Crippen molar-refractivity contribution in [2.45, 2.75) is 13.3 Å². The number of methoxy groups -OCH3 is 1. The fourth-order valence-electron chi connectivity index (χ4n) is 1.46. The van der Waals surface area contributed by atoms with Gasteiger partial charge in [-0.15, -0.1) is 0 Å². The molecule has 0 atom stereocenters. The van der Waals surface area contributed by atoms with Crippen LogP contribution in [-0.2, 0) is 11.2 Å². The number of benzene rings is 1. The lowest BCUT2D eigenvalue weighted by molar-refractivity contribution is -0.120. The molecule has 0 saturated carbocycles. The van der Waals surface area contributed by atoms with Gasteiger partial charge in [0.25, 0.3) is 0 Å². The monoisotopic (exact) mass is 257 g/mol. The van der Waals surface area contributed by atoms with E-state index in [0.29, 0.717) is 10.8 Å². The number of nitrogens with one attached hydrogen (secondary N) is 1. The quantitative estimate of drug-likeness (QED) is 0.836. The van der Waals surface area contributed by atoms with Gasteiger partial charge < -0.3 is 15.2 Å². The number of aliphatic hydroxyl groups is 1. The van der Waals surface area contributed by atoms with E-state index in [1.54, 1.807) is 19.2 Å². The second kappa shape index (κ2) is 6.47. The Balaban J connectivity index is 2.82. The van der Waals surface area contributed by atoms with Crippen LogP contribution in [0.1, 0.15) is 11.1 Å². The molecule has 0 spiro atoms. The summed E-state index contributed by atoms with van der Waals surface area (Å²) in [6.45, 7) is 2.05. The fraction of sp³-hybridized carbons (Fsp3) is 0.417. The lowest BCUT2D eigenvalue weighted by Gasteiger charge is -2.11. The minimum Gasteiger partial charge on any atom is -0.496 e. The van der Waals surface area contributed by atoms with E-state index in [0.717, 1.165) is 11.1 Å². The molecule has 0 radical (unpaired) electrons. The largest absolute Gasteiger partial charge is 0.496 e. The Kier molecular flexibility index (Phi) is 5.25. The summed E-state index contributed by atoms with van der Waals surface area (Å²) in [6, 6.07) is 3.53. The topological polar surface area (TPSA) is 58.6 Å². The first kappa shape index (κ1) is 13.8. The Labute approximate surface area is 106 Å². The summed E-state index contributed by atoms with van der Waals surface area (Å²) in [5.74, 6) is 0.475. The van der Waals surface area contributed by atoms with E-state index in [2.05, 4.69) is 5.32 Å². The van der Waals surface area contributed by atoms with Crippen molar-refractivity contribution in [2.75, 3.05) is 20.3 Å². The van der Waals surface area contributed by atoms with Gasteiger partial charge in [0.15, 0.2) is 0 Å². The van der Waals surface area contributed by atoms with Gasteiger partial charge in [-0.25, -0.2) is 0 Å². The molecule has 0 heterocycles. The maximum absolute atomic E-state index is 11.5. The van der Waals surface area contributed by atoms with E-state index in [1.807, 2.05) is 6.92 Å². The first-order valence-corrected chi connectivity index (χ1v) is 5.67. The summed E-state index contributed by atoms with van der Waals surface area (Å²) in [5.41, 5.74) is 1.64. The van der Waals surface area contributed by atoms with Crippen LogP contribution in [0.3, 0.4) is 0 Å². The maximum Gasteiger partial charge on any atom is 0.224 e. The normalized spacial score (nSPS) is 10.1. The molecule has 94 valence electrons. The van der Waals surface area contributed by atoms with E-state index in [9.17, 15) is 4.79 Å². The lowest BCUT2D eigenvalue weighted by atomic mass is 10.1. The van der Waals surface area contributed by atoms with E-state index in [4.69, 9.17) is 21.4 Å². The second-order valence-corrected chi connectivity index (χ2v) is 4.07. The molecule has 0 aromatic heterocycles. The van der Waals surface area contributed by atoms with Gasteiger partial charge in [0.2, 0.25) is 5.91 Å². The van der Waals surface area contributed by atoms with Crippen molar-refractivity contribution in [3.63, 3.8) is 0 Å². The molecule has 0 saturated heterocycles. The third-order valence-electron chi connectivity index (χ3n) is 2.35. The van der Waals surface area contributed by atoms with Crippen LogP contribution in [-0.4, -0.2) is 31.3 Å². The summed E-state index contributed by atoms with van der Waals surface area (Å²) >= 11 is 6.00. The summed E-state index contributed by atoms with van der Waals surface area (Å²) in [4.78, 5) is 11.5. The molecule has 0 aliphatic heterocycles. The Morgan fingerprint density at radius 2 is 2.24 bits per heavy atom. The maximum atomic E-state index is 11.5. The molecule has 4 nitrogen and oxygen atoms in total. The molecule has 1 rings (SSSR count). The molecular weight excluding hydrogens is 242 g/mol. The van der Waals surface area contributed by atoms with Crippen LogP contribution in [0.25, 0.3) is 0 Å². The van der Waals surface area contributed by atoms with Crippen LogP contribution in [0.15, 0.2) is 12.1 Å². The number of aryl methyl sites for hydroxylation is 1. The predicted molar refractivity (Wildman–Crippen MR) is 66.5 cm³/mol. The minimum absolute atomic E-state index is 0.0719. The summed E-state index contributed by atoms with van der Waals surface area (Å²) in [5, 5.41) is 11.8. The highest BCUT2D eigenvalue weighted by atomic mass is 35.5. The van der Waals surface area contributed by atoms with Crippen molar-refractivity contribution in [3.05, 3.63) is 28.3 Å². The number of carbonyl (C=O) groups is 1. The van der Waals surface area contributed by atoms with Gasteiger partial charge in [0.05, 0.1) is 20.1 Å². The number of halogens is 1. The second-order valence-electron chi connectivity index (χ2n) is 3.66.